The van der Waals surface area contributed by atoms with E-state index in [-0.39, 0.29) is 5.56 Å². The molecule has 0 radical (unpaired) electrons. The number of rotatable bonds is 2. The number of hydrogen-bond acceptors (Lipinski definition) is 3. The maximum atomic E-state index is 14.0. The number of carbonyl (C=O) groups excluding carboxylic acids is 2. The summed E-state index contributed by atoms with van der Waals surface area (Å²) in [6, 6.07) is 1.90. The number of nitrogens with two attached hydrogens (primary N) is 1. The van der Waals surface area contributed by atoms with Gasteiger partial charge in [0.1, 0.15) is 17.7 Å². The van der Waals surface area contributed by atoms with E-state index in [1.165, 1.54) is 4.90 Å². The van der Waals surface area contributed by atoms with Crippen molar-refractivity contribution in [1.29, 1.82) is 0 Å². The van der Waals surface area contributed by atoms with Gasteiger partial charge in [0.25, 0.3) is 5.91 Å². The monoisotopic (exact) mass is 338 g/mol. The highest BCUT2D eigenvalue weighted by Gasteiger charge is 2.50. The normalized spacial score (nSPS) is 23.2. The molecule has 130 valence electrons. The Bertz CT molecular complexity index is 654. The second-order valence-electron chi connectivity index (χ2n) is 6.51. The van der Waals surface area contributed by atoms with Crippen LogP contribution in [0.2, 0.25) is 0 Å². The van der Waals surface area contributed by atoms with Gasteiger partial charge in [-0.1, -0.05) is 0 Å². The van der Waals surface area contributed by atoms with Gasteiger partial charge in [-0.3, -0.25) is 9.59 Å². The van der Waals surface area contributed by atoms with E-state index >= 15 is 0 Å². The van der Waals surface area contributed by atoms with Crippen molar-refractivity contribution in [3.8, 4) is 0 Å². The highest BCUT2D eigenvalue weighted by Crippen LogP contribution is 2.44. The molecule has 2 amide bonds. The Balaban J connectivity index is 1.97. The lowest BCUT2D eigenvalue weighted by Gasteiger charge is -2.50. The Morgan fingerprint density at radius 2 is 1.92 bits per heavy atom. The Morgan fingerprint density at radius 1 is 1.21 bits per heavy atom. The standard InChI is InChI=1S/C17H20F2N2O3/c18-11-2-3-13(19)12(10-11)16(23)21-7-1-4-17(14(21)15(20)22)5-8-24-9-6-17/h2-3,10,14H,1,4-9H2,(H2,20,22). The summed E-state index contributed by atoms with van der Waals surface area (Å²) in [5.41, 5.74) is 4.79. The molecular weight excluding hydrogens is 318 g/mol. The van der Waals surface area contributed by atoms with E-state index in [4.69, 9.17) is 10.5 Å². The van der Waals surface area contributed by atoms with Gasteiger partial charge in [-0.2, -0.15) is 0 Å². The van der Waals surface area contributed by atoms with Gasteiger partial charge in [0.05, 0.1) is 5.56 Å². The van der Waals surface area contributed by atoms with Crippen molar-refractivity contribution in [3.05, 3.63) is 35.4 Å². The predicted octanol–water partition coefficient (Wildman–Crippen LogP) is 1.85. The van der Waals surface area contributed by atoms with E-state index in [9.17, 15) is 18.4 Å². The molecule has 2 saturated heterocycles. The number of benzene rings is 1. The van der Waals surface area contributed by atoms with Crippen LogP contribution in [0.5, 0.6) is 0 Å². The summed E-state index contributed by atoms with van der Waals surface area (Å²) in [5.74, 6) is -2.81. The summed E-state index contributed by atoms with van der Waals surface area (Å²) in [6.07, 6.45) is 2.69. The first-order valence-electron chi connectivity index (χ1n) is 8.08. The van der Waals surface area contributed by atoms with Crippen LogP contribution in [0.4, 0.5) is 8.78 Å². The molecule has 0 aromatic heterocycles. The molecule has 2 heterocycles. The molecule has 2 N–H and O–H groups in total. The number of halogens is 2. The maximum Gasteiger partial charge on any atom is 0.257 e. The summed E-state index contributed by atoms with van der Waals surface area (Å²) in [4.78, 5) is 26.3. The summed E-state index contributed by atoms with van der Waals surface area (Å²) in [5, 5.41) is 0. The van der Waals surface area contributed by atoms with Gasteiger partial charge in [0.15, 0.2) is 0 Å². The molecule has 0 bridgehead atoms. The Kier molecular flexibility index (Phi) is 4.54. The molecule has 2 aliphatic rings. The van der Waals surface area contributed by atoms with Crippen LogP contribution >= 0.6 is 0 Å². The van der Waals surface area contributed by atoms with E-state index in [0.29, 0.717) is 39.0 Å². The van der Waals surface area contributed by atoms with Crippen LogP contribution in [0.15, 0.2) is 18.2 Å². The van der Waals surface area contributed by atoms with Crippen LogP contribution in [0.1, 0.15) is 36.0 Å². The minimum atomic E-state index is -0.828. The van der Waals surface area contributed by atoms with E-state index < -0.39 is 34.9 Å². The fourth-order valence-electron chi connectivity index (χ4n) is 3.99. The van der Waals surface area contributed by atoms with Crippen molar-refractivity contribution in [3.63, 3.8) is 0 Å². The molecule has 7 heteroatoms. The molecule has 24 heavy (non-hydrogen) atoms. The second-order valence-corrected chi connectivity index (χ2v) is 6.51. The largest absolute Gasteiger partial charge is 0.381 e. The van der Waals surface area contributed by atoms with Crippen molar-refractivity contribution in [2.24, 2.45) is 11.1 Å². The van der Waals surface area contributed by atoms with Gasteiger partial charge >= 0.3 is 0 Å². The zero-order valence-electron chi connectivity index (χ0n) is 13.3. The lowest BCUT2D eigenvalue weighted by atomic mass is 9.67. The zero-order valence-corrected chi connectivity index (χ0v) is 13.3. The Labute approximate surface area is 138 Å². The van der Waals surface area contributed by atoms with E-state index in [1.807, 2.05) is 0 Å². The second kappa shape index (κ2) is 6.47. The third kappa shape index (κ3) is 2.88. The first-order chi connectivity index (χ1) is 11.4. The van der Waals surface area contributed by atoms with Crippen molar-refractivity contribution < 1.29 is 23.1 Å². The van der Waals surface area contributed by atoms with Gasteiger partial charge in [-0.25, -0.2) is 8.78 Å². The number of primary amides is 1. The maximum absolute atomic E-state index is 14.0. The third-order valence-electron chi connectivity index (χ3n) is 5.14. The minimum Gasteiger partial charge on any atom is -0.381 e. The van der Waals surface area contributed by atoms with Crippen molar-refractivity contribution in [1.82, 2.24) is 4.90 Å². The van der Waals surface area contributed by atoms with Crippen LogP contribution in [0.25, 0.3) is 0 Å². The van der Waals surface area contributed by atoms with Gasteiger partial charge < -0.3 is 15.4 Å². The summed E-state index contributed by atoms with van der Waals surface area (Å²) < 4.78 is 32.8. The van der Waals surface area contributed by atoms with Gasteiger partial charge in [-0.05, 0) is 43.9 Å². The fourth-order valence-corrected chi connectivity index (χ4v) is 3.99. The SMILES string of the molecule is NC(=O)C1N(C(=O)c2cc(F)ccc2F)CCCC12CCOCC2. The van der Waals surface area contributed by atoms with E-state index in [2.05, 4.69) is 0 Å². The Hall–Kier alpha value is -2.02. The fraction of sp³-hybridized carbons (Fsp3) is 0.529. The average Bonchev–Trinajstić information content (AvgIpc) is 2.56. The number of piperidine rings is 1. The summed E-state index contributed by atoms with van der Waals surface area (Å²) >= 11 is 0. The molecule has 0 saturated carbocycles. The first-order valence-corrected chi connectivity index (χ1v) is 8.08. The van der Waals surface area contributed by atoms with Crippen LogP contribution in [-0.4, -0.2) is 42.5 Å². The van der Waals surface area contributed by atoms with Gasteiger partial charge in [0.2, 0.25) is 5.91 Å². The van der Waals surface area contributed by atoms with Crippen LogP contribution < -0.4 is 5.73 Å². The molecule has 3 rings (SSSR count). The molecule has 1 spiro atoms. The smallest absolute Gasteiger partial charge is 0.257 e. The van der Waals surface area contributed by atoms with Crippen LogP contribution in [-0.2, 0) is 9.53 Å². The lowest BCUT2D eigenvalue weighted by Crippen LogP contribution is -2.61. The Morgan fingerprint density at radius 3 is 2.58 bits per heavy atom. The van der Waals surface area contributed by atoms with Crippen molar-refractivity contribution in [2.45, 2.75) is 31.7 Å². The van der Waals surface area contributed by atoms with E-state index in [1.54, 1.807) is 0 Å². The third-order valence-corrected chi connectivity index (χ3v) is 5.14. The molecule has 2 fully saturated rings. The predicted molar refractivity (Wildman–Crippen MR) is 82.1 cm³/mol. The molecule has 1 aromatic rings. The van der Waals surface area contributed by atoms with Crippen LogP contribution in [0, 0.1) is 17.0 Å². The number of hydrogen-bond donors (Lipinski definition) is 1. The average molecular weight is 338 g/mol. The molecule has 5 nitrogen and oxygen atoms in total. The number of ether oxygens (including phenoxy) is 1. The quantitative estimate of drug-likeness (QED) is 0.894. The lowest BCUT2D eigenvalue weighted by molar-refractivity contribution is -0.134. The molecule has 0 aliphatic carbocycles. The van der Waals surface area contributed by atoms with Crippen molar-refractivity contribution in [2.75, 3.05) is 19.8 Å². The topological polar surface area (TPSA) is 72.6 Å². The molecule has 2 aliphatic heterocycles. The van der Waals surface area contributed by atoms with Gasteiger partial charge in [-0.15, -0.1) is 0 Å². The molecule has 1 unspecified atom stereocenters. The zero-order chi connectivity index (χ0) is 17.3. The minimum absolute atomic E-state index is 0.297. The van der Waals surface area contributed by atoms with E-state index in [0.717, 1.165) is 24.6 Å². The van der Waals surface area contributed by atoms with Gasteiger partial charge in [0, 0.05) is 25.2 Å². The summed E-state index contributed by atoms with van der Waals surface area (Å²) in [6.45, 7) is 1.30. The van der Waals surface area contributed by atoms with Crippen molar-refractivity contribution >= 4 is 11.8 Å². The highest BCUT2D eigenvalue weighted by molar-refractivity contribution is 5.98. The number of likely N-dealkylation sites (tertiary alicyclic amines) is 1. The summed E-state index contributed by atoms with van der Waals surface area (Å²) in [7, 11) is 0. The molecule has 1 aromatic carbocycles. The number of carbonyl (C=O) groups is 2. The molecule has 1 atom stereocenters. The first kappa shape index (κ1) is 16.8. The molecular formula is C17H20F2N2O3. The van der Waals surface area contributed by atoms with Crippen LogP contribution in [0.3, 0.4) is 0 Å². The highest BCUT2D eigenvalue weighted by atomic mass is 19.1. The number of nitrogens with zero attached hydrogens (tertiary/aromatic N) is 1. The number of amides is 2.